The van der Waals surface area contributed by atoms with Gasteiger partial charge in [-0.2, -0.15) is 5.26 Å². The van der Waals surface area contributed by atoms with Crippen LogP contribution >= 0.6 is 0 Å². The summed E-state index contributed by atoms with van der Waals surface area (Å²) in [5.74, 6) is 0.182. The molecule has 3 atom stereocenters. The highest BCUT2D eigenvalue weighted by Crippen LogP contribution is 2.30. The molecule has 3 nitrogen and oxygen atoms in total. The number of ether oxygens (including phenoxy) is 1. The fourth-order valence-electron chi connectivity index (χ4n) is 1.84. The van der Waals surface area contributed by atoms with E-state index in [1.807, 2.05) is 13.8 Å². The van der Waals surface area contributed by atoms with Crippen LogP contribution in [-0.4, -0.2) is 22.9 Å². The molecule has 0 radical (unpaired) electrons. The maximum absolute atomic E-state index is 9.84. The molecule has 1 fully saturated rings. The lowest BCUT2D eigenvalue weighted by molar-refractivity contribution is -0.140. The molecule has 1 heterocycles. The summed E-state index contributed by atoms with van der Waals surface area (Å²) in [7, 11) is 0. The molecule has 3 unspecified atom stereocenters. The van der Waals surface area contributed by atoms with Crippen molar-refractivity contribution in [3.8, 4) is 6.07 Å². The third-order valence-electron chi connectivity index (χ3n) is 2.85. The number of nitriles is 1. The van der Waals surface area contributed by atoms with Gasteiger partial charge >= 0.3 is 0 Å². The van der Waals surface area contributed by atoms with Crippen LogP contribution in [0.2, 0.25) is 0 Å². The smallest absolute Gasteiger partial charge is 0.151 e. The number of aliphatic hydroxyl groups is 1. The van der Waals surface area contributed by atoms with Crippen LogP contribution in [0.4, 0.5) is 0 Å². The third-order valence-corrected chi connectivity index (χ3v) is 2.85. The Morgan fingerprint density at radius 3 is 2.71 bits per heavy atom. The molecule has 3 heteroatoms. The van der Waals surface area contributed by atoms with Crippen molar-refractivity contribution in [1.82, 2.24) is 0 Å². The summed E-state index contributed by atoms with van der Waals surface area (Å²) in [6.07, 6.45) is 1.95. The first-order valence-corrected chi connectivity index (χ1v) is 5.25. The fraction of sp³-hybridized carbons (Fsp3) is 0.909. The van der Waals surface area contributed by atoms with Crippen LogP contribution in [0.1, 0.15) is 40.0 Å². The van der Waals surface area contributed by atoms with Gasteiger partial charge in [-0.05, 0) is 32.1 Å². The minimum Gasteiger partial charge on any atom is -0.390 e. The second-order valence-electron chi connectivity index (χ2n) is 4.63. The molecule has 1 N–H and O–H groups in total. The number of aliphatic hydroxyl groups excluding tert-OH is 1. The minimum absolute atomic E-state index is 0.173. The van der Waals surface area contributed by atoms with Gasteiger partial charge in [-0.3, -0.25) is 0 Å². The lowest BCUT2D eigenvalue weighted by Gasteiger charge is -2.37. The van der Waals surface area contributed by atoms with Gasteiger partial charge in [0.25, 0.3) is 0 Å². The number of nitrogens with zero attached hydrogens (tertiary/aromatic N) is 1. The highest BCUT2D eigenvalue weighted by atomic mass is 16.5. The lowest BCUT2D eigenvalue weighted by atomic mass is 9.90. The number of rotatable bonds is 2. The highest BCUT2D eigenvalue weighted by Gasteiger charge is 2.36. The molecule has 0 aliphatic carbocycles. The Morgan fingerprint density at radius 1 is 1.57 bits per heavy atom. The normalized spacial score (nSPS) is 35.3. The van der Waals surface area contributed by atoms with E-state index >= 15 is 0 Å². The van der Waals surface area contributed by atoms with Gasteiger partial charge in [-0.25, -0.2) is 0 Å². The largest absolute Gasteiger partial charge is 0.390 e. The fourth-order valence-corrected chi connectivity index (χ4v) is 1.84. The predicted octanol–water partition coefficient (Wildman–Crippen LogP) is 1.85. The SMILES string of the molecule is CC(C)C(O)C1CCCC(C)(C#N)O1. The second-order valence-corrected chi connectivity index (χ2v) is 4.63. The Labute approximate surface area is 85.7 Å². The van der Waals surface area contributed by atoms with Gasteiger partial charge in [0.15, 0.2) is 5.60 Å². The maximum atomic E-state index is 9.84. The van der Waals surface area contributed by atoms with Gasteiger partial charge in [0.1, 0.15) is 0 Å². The molecular formula is C11H19NO2. The van der Waals surface area contributed by atoms with Crippen molar-refractivity contribution < 1.29 is 9.84 Å². The van der Waals surface area contributed by atoms with Gasteiger partial charge in [-0.1, -0.05) is 13.8 Å². The molecule has 80 valence electrons. The van der Waals surface area contributed by atoms with E-state index < -0.39 is 11.7 Å². The second kappa shape index (κ2) is 4.29. The topological polar surface area (TPSA) is 53.2 Å². The van der Waals surface area contributed by atoms with Gasteiger partial charge in [0, 0.05) is 0 Å². The van der Waals surface area contributed by atoms with Crippen molar-refractivity contribution in [2.24, 2.45) is 5.92 Å². The zero-order valence-electron chi connectivity index (χ0n) is 9.16. The Bertz CT molecular complexity index is 234. The van der Waals surface area contributed by atoms with Crippen molar-refractivity contribution in [1.29, 1.82) is 5.26 Å². The van der Waals surface area contributed by atoms with E-state index in [2.05, 4.69) is 6.07 Å². The Kier molecular flexibility index (Phi) is 3.52. The van der Waals surface area contributed by atoms with Crippen molar-refractivity contribution in [3.05, 3.63) is 0 Å². The summed E-state index contributed by atoms with van der Waals surface area (Å²) in [6, 6.07) is 2.17. The van der Waals surface area contributed by atoms with Crippen molar-refractivity contribution in [3.63, 3.8) is 0 Å². The van der Waals surface area contributed by atoms with Crippen LogP contribution < -0.4 is 0 Å². The summed E-state index contributed by atoms with van der Waals surface area (Å²) in [5, 5.41) is 18.8. The van der Waals surface area contributed by atoms with Crippen LogP contribution in [0.15, 0.2) is 0 Å². The summed E-state index contributed by atoms with van der Waals surface area (Å²) in [5.41, 5.74) is -0.696. The summed E-state index contributed by atoms with van der Waals surface area (Å²) < 4.78 is 5.64. The van der Waals surface area contributed by atoms with Crippen molar-refractivity contribution in [2.45, 2.75) is 57.8 Å². The summed E-state index contributed by atoms with van der Waals surface area (Å²) in [4.78, 5) is 0. The zero-order chi connectivity index (χ0) is 10.8. The molecule has 0 aromatic heterocycles. The average Bonchev–Trinajstić information content (AvgIpc) is 2.16. The van der Waals surface area contributed by atoms with Crippen LogP contribution in [0, 0.1) is 17.2 Å². The van der Waals surface area contributed by atoms with E-state index in [-0.39, 0.29) is 12.0 Å². The van der Waals surface area contributed by atoms with E-state index in [1.54, 1.807) is 6.92 Å². The first-order valence-electron chi connectivity index (χ1n) is 5.25. The number of hydrogen-bond acceptors (Lipinski definition) is 3. The monoisotopic (exact) mass is 197 g/mol. The molecule has 1 saturated heterocycles. The lowest BCUT2D eigenvalue weighted by Crippen LogP contribution is -2.44. The van der Waals surface area contributed by atoms with Crippen LogP contribution in [0.25, 0.3) is 0 Å². The standard InChI is InChI=1S/C11H19NO2/c1-8(2)10(13)9-5-4-6-11(3,7-12)14-9/h8-10,13H,4-6H2,1-3H3. The minimum atomic E-state index is -0.696. The molecule has 0 aromatic rings. The van der Waals surface area contributed by atoms with Gasteiger partial charge in [0.05, 0.1) is 18.3 Å². The first kappa shape index (κ1) is 11.5. The highest BCUT2D eigenvalue weighted by molar-refractivity contribution is 5.01. The van der Waals surface area contributed by atoms with E-state index in [0.29, 0.717) is 0 Å². The first-order chi connectivity index (χ1) is 6.48. The van der Waals surface area contributed by atoms with Gasteiger partial charge < -0.3 is 9.84 Å². The Balaban J connectivity index is 2.61. The average molecular weight is 197 g/mol. The molecule has 14 heavy (non-hydrogen) atoms. The van der Waals surface area contributed by atoms with E-state index in [0.717, 1.165) is 19.3 Å². The quantitative estimate of drug-likeness (QED) is 0.735. The molecule has 0 amide bonds. The zero-order valence-corrected chi connectivity index (χ0v) is 9.16. The summed E-state index contributed by atoms with van der Waals surface area (Å²) in [6.45, 7) is 5.73. The van der Waals surface area contributed by atoms with E-state index in [9.17, 15) is 5.11 Å². The molecule has 0 spiro atoms. The van der Waals surface area contributed by atoms with Crippen molar-refractivity contribution >= 4 is 0 Å². The van der Waals surface area contributed by atoms with Crippen LogP contribution in [-0.2, 0) is 4.74 Å². The molecule has 0 saturated carbocycles. The van der Waals surface area contributed by atoms with E-state index in [1.165, 1.54) is 0 Å². The summed E-state index contributed by atoms with van der Waals surface area (Å²) >= 11 is 0. The maximum Gasteiger partial charge on any atom is 0.151 e. The molecule has 1 aliphatic heterocycles. The van der Waals surface area contributed by atoms with Gasteiger partial charge in [-0.15, -0.1) is 0 Å². The Hall–Kier alpha value is -0.590. The van der Waals surface area contributed by atoms with Gasteiger partial charge in [0.2, 0.25) is 0 Å². The van der Waals surface area contributed by atoms with Crippen molar-refractivity contribution in [2.75, 3.05) is 0 Å². The number of hydrogen-bond donors (Lipinski definition) is 1. The van der Waals surface area contributed by atoms with Crippen LogP contribution in [0.3, 0.4) is 0 Å². The molecule has 1 aliphatic rings. The Morgan fingerprint density at radius 2 is 2.21 bits per heavy atom. The van der Waals surface area contributed by atoms with E-state index in [4.69, 9.17) is 10.00 Å². The predicted molar refractivity (Wildman–Crippen MR) is 53.6 cm³/mol. The van der Waals surface area contributed by atoms with Crippen LogP contribution in [0.5, 0.6) is 0 Å². The molecular weight excluding hydrogens is 178 g/mol. The third kappa shape index (κ3) is 2.46. The molecule has 0 bridgehead atoms. The molecule has 1 rings (SSSR count). The molecule has 0 aromatic carbocycles.